The molecule has 0 unspecified atom stereocenters. The molecule has 0 fully saturated rings. The Morgan fingerprint density at radius 3 is 2.33 bits per heavy atom. The van der Waals surface area contributed by atoms with Gasteiger partial charge in [0.2, 0.25) is 0 Å². The molecule has 0 aromatic heterocycles. The van der Waals surface area contributed by atoms with Crippen LogP contribution in [0.25, 0.3) is 0 Å². The zero-order chi connectivity index (χ0) is 4.99. The first-order valence-electron chi connectivity index (χ1n) is 1.61. The Hall–Kier alpha value is -0.313. The van der Waals surface area contributed by atoms with E-state index in [-0.39, 0.29) is 15.7 Å². The Bertz CT molecular complexity index is 52.8. The van der Waals surface area contributed by atoms with Crippen LogP contribution in [0.15, 0.2) is 0 Å². The van der Waals surface area contributed by atoms with E-state index in [4.69, 9.17) is 0 Å². The van der Waals surface area contributed by atoms with Gasteiger partial charge in [0.05, 0.1) is 0 Å². The van der Waals surface area contributed by atoms with Gasteiger partial charge in [-0.15, -0.1) is 0 Å². The molecule has 2 nitrogen and oxygen atoms in total. The summed E-state index contributed by atoms with van der Waals surface area (Å²) < 4.78 is 4.43. The van der Waals surface area contributed by atoms with E-state index in [1.807, 2.05) is 0 Å². The zero-order valence-corrected chi connectivity index (χ0v) is 4.82. The van der Waals surface area contributed by atoms with E-state index in [1.165, 1.54) is 6.92 Å². The zero-order valence-electron chi connectivity index (χ0n) is 3.82. The fourth-order valence-corrected chi connectivity index (χ4v) is 0.431. The monoisotopic (exact) mass is 102 g/mol. The maximum Gasteiger partial charge on any atom is 0.311 e. The standard InChI is InChI=1S/C3H6O2Si/c1-3(4)5-6-2/h1-2H3. The molecule has 0 N–H and O–H groups in total. The highest BCUT2D eigenvalue weighted by Crippen LogP contribution is 1.67. The van der Waals surface area contributed by atoms with Gasteiger partial charge in [-0.3, -0.25) is 4.79 Å². The molecule has 0 bridgehead atoms. The Kier molecular flexibility index (Phi) is 2.75. The van der Waals surface area contributed by atoms with E-state index < -0.39 is 0 Å². The van der Waals surface area contributed by atoms with Crippen molar-refractivity contribution in [2.45, 2.75) is 13.5 Å². The van der Waals surface area contributed by atoms with Gasteiger partial charge in [0, 0.05) is 6.92 Å². The first kappa shape index (κ1) is 5.69. The van der Waals surface area contributed by atoms with E-state index in [9.17, 15) is 4.79 Å². The van der Waals surface area contributed by atoms with Crippen molar-refractivity contribution in [2.75, 3.05) is 0 Å². The number of carbonyl (C=O) groups excluding carboxylic acids is 1. The molecule has 6 heavy (non-hydrogen) atoms. The van der Waals surface area contributed by atoms with Crippen molar-refractivity contribution in [1.29, 1.82) is 0 Å². The molecule has 0 aromatic rings. The Labute approximate surface area is 39.4 Å². The van der Waals surface area contributed by atoms with Crippen LogP contribution in [0.1, 0.15) is 6.92 Å². The number of hydrogen-bond acceptors (Lipinski definition) is 2. The molecule has 0 saturated heterocycles. The quantitative estimate of drug-likeness (QED) is 0.443. The lowest BCUT2D eigenvalue weighted by atomic mass is 10.9. The summed E-state index contributed by atoms with van der Waals surface area (Å²) in [5.74, 6) is -0.198. The molecule has 0 aliphatic heterocycles. The summed E-state index contributed by atoms with van der Waals surface area (Å²) in [6.07, 6.45) is 0. The Morgan fingerprint density at radius 1 is 1.83 bits per heavy atom. The van der Waals surface area contributed by atoms with Gasteiger partial charge >= 0.3 is 9.76 Å². The molecule has 0 spiro atoms. The molecule has 34 valence electrons. The second-order valence-corrected chi connectivity index (χ2v) is 1.41. The van der Waals surface area contributed by atoms with Crippen molar-refractivity contribution in [1.82, 2.24) is 0 Å². The van der Waals surface area contributed by atoms with Crippen LogP contribution >= 0.6 is 0 Å². The highest BCUT2D eigenvalue weighted by molar-refractivity contribution is 6.28. The summed E-state index contributed by atoms with van der Waals surface area (Å²) in [6.45, 7) is 3.21. The fraction of sp³-hybridized carbons (Fsp3) is 0.667. The molecule has 2 radical (unpaired) electrons. The molecular weight excluding hydrogens is 96.1 g/mol. The minimum Gasteiger partial charge on any atom is -0.517 e. The van der Waals surface area contributed by atoms with Crippen LogP contribution in [0.5, 0.6) is 0 Å². The second-order valence-electron chi connectivity index (χ2n) is 0.798. The predicted molar refractivity (Wildman–Crippen MR) is 23.4 cm³/mol. The van der Waals surface area contributed by atoms with Gasteiger partial charge in [0.1, 0.15) is 0 Å². The third kappa shape index (κ3) is 3.69. The van der Waals surface area contributed by atoms with Crippen molar-refractivity contribution in [3.05, 3.63) is 0 Å². The summed E-state index contributed by atoms with van der Waals surface area (Å²) in [5.41, 5.74) is 0. The molecule has 0 saturated carbocycles. The third-order valence-electron chi connectivity index (χ3n) is 0.246. The van der Waals surface area contributed by atoms with Crippen LogP contribution in [0.2, 0.25) is 6.55 Å². The molecule has 0 rings (SSSR count). The molecule has 3 heteroatoms. The normalized spacial score (nSPS) is 7.67. The first-order chi connectivity index (χ1) is 2.77. The van der Waals surface area contributed by atoms with Gasteiger partial charge in [0.25, 0.3) is 5.97 Å². The molecule has 0 aliphatic rings. The van der Waals surface area contributed by atoms with Gasteiger partial charge in [-0.25, -0.2) is 0 Å². The summed E-state index contributed by atoms with van der Waals surface area (Å²) in [5, 5.41) is 0. The van der Waals surface area contributed by atoms with E-state index in [2.05, 4.69) is 4.43 Å². The molecule has 0 atom stereocenters. The highest BCUT2D eigenvalue weighted by atomic mass is 28.2. The molecule has 0 amide bonds. The predicted octanol–water partition coefficient (Wildman–Crippen LogP) is 0.217. The number of rotatable bonds is 1. The van der Waals surface area contributed by atoms with Gasteiger partial charge < -0.3 is 4.43 Å². The lowest BCUT2D eigenvalue weighted by Gasteiger charge is -1.87. The van der Waals surface area contributed by atoms with Crippen LogP contribution in [-0.2, 0) is 9.22 Å². The lowest BCUT2D eigenvalue weighted by Crippen LogP contribution is -1.98. The van der Waals surface area contributed by atoms with E-state index in [0.29, 0.717) is 0 Å². The van der Waals surface area contributed by atoms with Gasteiger partial charge in [-0.2, -0.15) is 0 Å². The van der Waals surface area contributed by atoms with Gasteiger partial charge in [0.15, 0.2) is 0 Å². The number of hydrogen-bond donors (Lipinski definition) is 0. The van der Waals surface area contributed by atoms with Crippen LogP contribution in [0.3, 0.4) is 0 Å². The van der Waals surface area contributed by atoms with E-state index >= 15 is 0 Å². The smallest absolute Gasteiger partial charge is 0.311 e. The van der Waals surface area contributed by atoms with Gasteiger partial charge in [-0.05, 0) is 6.55 Å². The second kappa shape index (κ2) is 2.90. The van der Waals surface area contributed by atoms with Crippen LogP contribution in [-0.4, -0.2) is 15.7 Å². The summed E-state index contributed by atoms with van der Waals surface area (Å²) in [6, 6.07) is 0. The minimum atomic E-state index is -0.198. The maximum absolute atomic E-state index is 9.83. The SMILES string of the molecule is C[Si]OC(C)=O. The topological polar surface area (TPSA) is 26.3 Å². The van der Waals surface area contributed by atoms with E-state index in [1.54, 1.807) is 6.55 Å². The third-order valence-corrected chi connectivity index (χ3v) is 0.737. The van der Waals surface area contributed by atoms with Crippen LogP contribution in [0, 0.1) is 0 Å². The van der Waals surface area contributed by atoms with E-state index in [0.717, 1.165) is 0 Å². The molecule has 0 aromatic carbocycles. The Balaban J connectivity index is 2.83. The maximum atomic E-state index is 9.83. The summed E-state index contributed by atoms with van der Waals surface area (Å²) in [4.78, 5) is 9.83. The minimum absolute atomic E-state index is 0.198. The van der Waals surface area contributed by atoms with Crippen molar-refractivity contribution in [3.8, 4) is 0 Å². The fourth-order valence-electron chi connectivity index (χ4n) is 0.144. The summed E-state index contributed by atoms with van der Waals surface area (Å²) in [7, 11) is 0.289. The molecular formula is C3H6O2Si. The highest BCUT2D eigenvalue weighted by Gasteiger charge is 1.84. The van der Waals surface area contributed by atoms with Crippen molar-refractivity contribution in [2.24, 2.45) is 0 Å². The lowest BCUT2D eigenvalue weighted by molar-refractivity contribution is -0.131. The first-order valence-corrected chi connectivity index (χ1v) is 3.02. The molecule has 0 aliphatic carbocycles. The van der Waals surface area contributed by atoms with Crippen molar-refractivity contribution in [3.63, 3.8) is 0 Å². The Morgan fingerprint density at radius 2 is 2.33 bits per heavy atom. The average molecular weight is 102 g/mol. The van der Waals surface area contributed by atoms with Crippen molar-refractivity contribution < 1.29 is 9.22 Å². The number of carbonyl (C=O) groups is 1. The molecule has 0 heterocycles. The van der Waals surface area contributed by atoms with Crippen molar-refractivity contribution >= 4 is 15.7 Å². The van der Waals surface area contributed by atoms with Crippen LogP contribution in [0.4, 0.5) is 0 Å². The van der Waals surface area contributed by atoms with Crippen LogP contribution < -0.4 is 0 Å². The van der Waals surface area contributed by atoms with Gasteiger partial charge in [-0.1, -0.05) is 0 Å². The average Bonchev–Trinajstić information content (AvgIpc) is 1.35. The largest absolute Gasteiger partial charge is 0.517 e. The summed E-state index contributed by atoms with van der Waals surface area (Å²) >= 11 is 0.